The molecule has 170 valence electrons. The second kappa shape index (κ2) is 10.7. The number of carboxylic acid groups (broad SMARTS) is 1. The fourth-order valence-electron chi connectivity index (χ4n) is 3.76. The van der Waals surface area contributed by atoms with Crippen LogP contribution in [0.3, 0.4) is 0 Å². The van der Waals surface area contributed by atoms with Crippen molar-refractivity contribution in [3.8, 4) is 11.1 Å². The van der Waals surface area contributed by atoms with Crippen molar-refractivity contribution in [2.45, 2.75) is 24.5 Å². The number of aliphatic hydroxyl groups is 1. The van der Waals surface area contributed by atoms with Crippen LogP contribution >= 0.6 is 0 Å². The van der Waals surface area contributed by atoms with Crippen LogP contribution in [0.2, 0.25) is 0 Å². The Balaban J connectivity index is 1.49. The number of rotatable bonds is 10. The number of nitrogens with one attached hydrogen (secondary N) is 2. The second-order valence-corrected chi connectivity index (χ2v) is 7.35. The zero-order valence-electron chi connectivity index (χ0n) is 17.6. The lowest BCUT2D eigenvalue weighted by atomic mass is 9.98. The van der Waals surface area contributed by atoms with Crippen LogP contribution < -0.4 is 10.6 Å². The van der Waals surface area contributed by atoms with Crippen LogP contribution in [0.1, 0.15) is 23.5 Å². The molecule has 1 aliphatic rings. The summed E-state index contributed by atoms with van der Waals surface area (Å²) in [5.74, 6) is -2.10. The molecule has 9 heteroatoms. The molecule has 0 spiro atoms. The highest BCUT2D eigenvalue weighted by atomic mass is 16.5. The maximum absolute atomic E-state index is 12.2. The van der Waals surface area contributed by atoms with Crippen molar-refractivity contribution in [3.63, 3.8) is 0 Å². The molecule has 0 heterocycles. The molecular formula is C23H26N2O7. The maximum Gasteiger partial charge on any atom is 0.407 e. The number of ether oxygens (including phenoxy) is 2. The van der Waals surface area contributed by atoms with Gasteiger partial charge in [0.05, 0.1) is 6.61 Å². The molecule has 0 saturated carbocycles. The van der Waals surface area contributed by atoms with Crippen molar-refractivity contribution in [3.05, 3.63) is 59.7 Å². The summed E-state index contributed by atoms with van der Waals surface area (Å²) in [4.78, 5) is 35.2. The van der Waals surface area contributed by atoms with Gasteiger partial charge >= 0.3 is 12.1 Å². The number of aliphatic hydroxyl groups excluding tert-OH is 1. The highest BCUT2D eigenvalue weighted by Gasteiger charge is 2.29. The van der Waals surface area contributed by atoms with Gasteiger partial charge in [-0.2, -0.15) is 0 Å². The Hall–Kier alpha value is -3.43. The topological polar surface area (TPSA) is 134 Å². The zero-order valence-corrected chi connectivity index (χ0v) is 17.6. The van der Waals surface area contributed by atoms with E-state index in [1.54, 1.807) is 0 Å². The van der Waals surface area contributed by atoms with Crippen molar-refractivity contribution in [1.29, 1.82) is 0 Å². The fraction of sp³-hybridized carbons (Fsp3) is 0.348. The van der Waals surface area contributed by atoms with Gasteiger partial charge in [-0.25, -0.2) is 9.59 Å². The van der Waals surface area contributed by atoms with Gasteiger partial charge in [-0.3, -0.25) is 4.79 Å². The number of carboxylic acids is 1. The largest absolute Gasteiger partial charge is 0.480 e. The number of alkyl carbamates (subject to hydrolysis) is 1. The highest BCUT2D eigenvalue weighted by Crippen LogP contribution is 2.44. The lowest BCUT2D eigenvalue weighted by Crippen LogP contribution is -2.48. The van der Waals surface area contributed by atoms with Gasteiger partial charge in [0.2, 0.25) is 5.91 Å². The first-order valence-electron chi connectivity index (χ1n) is 10.2. The normalized spacial score (nSPS) is 14.1. The summed E-state index contributed by atoms with van der Waals surface area (Å²) in [5, 5.41) is 22.7. The molecule has 1 aliphatic carbocycles. The lowest BCUT2D eigenvalue weighted by molar-refractivity contribution is -0.145. The van der Waals surface area contributed by atoms with E-state index in [1.165, 1.54) is 7.11 Å². The molecule has 2 amide bonds. The van der Waals surface area contributed by atoms with Crippen LogP contribution in [0, 0.1) is 0 Å². The van der Waals surface area contributed by atoms with E-state index in [-0.39, 0.29) is 25.5 Å². The highest BCUT2D eigenvalue weighted by molar-refractivity contribution is 5.86. The van der Waals surface area contributed by atoms with Crippen LogP contribution in [0.15, 0.2) is 48.5 Å². The van der Waals surface area contributed by atoms with E-state index < -0.39 is 36.7 Å². The molecule has 32 heavy (non-hydrogen) atoms. The second-order valence-electron chi connectivity index (χ2n) is 7.35. The zero-order chi connectivity index (χ0) is 23.1. The van der Waals surface area contributed by atoms with Gasteiger partial charge in [-0.15, -0.1) is 0 Å². The van der Waals surface area contributed by atoms with Gasteiger partial charge < -0.3 is 30.3 Å². The minimum absolute atomic E-state index is 0.0583. The SMILES string of the molecule is COC(CCNC(=O)OCC1c2ccccc2-c2ccccc21)C(=O)N[C@@H](CO)C(=O)O. The van der Waals surface area contributed by atoms with Gasteiger partial charge in [0.15, 0.2) is 0 Å². The van der Waals surface area contributed by atoms with Crippen molar-refractivity contribution < 1.29 is 34.1 Å². The Morgan fingerprint density at radius 3 is 2.16 bits per heavy atom. The van der Waals surface area contributed by atoms with E-state index in [1.807, 2.05) is 36.4 Å². The third kappa shape index (κ3) is 5.24. The number of hydrogen-bond donors (Lipinski definition) is 4. The number of methoxy groups -OCH3 is 1. The molecular weight excluding hydrogens is 416 g/mol. The molecule has 0 aliphatic heterocycles. The molecule has 3 rings (SSSR count). The lowest BCUT2D eigenvalue weighted by Gasteiger charge is -2.18. The molecule has 1 unspecified atom stereocenters. The predicted molar refractivity (Wildman–Crippen MR) is 115 cm³/mol. The third-order valence-electron chi connectivity index (χ3n) is 5.39. The number of aliphatic carboxylic acids is 1. The Morgan fingerprint density at radius 2 is 1.62 bits per heavy atom. The van der Waals surface area contributed by atoms with Crippen molar-refractivity contribution in [1.82, 2.24) is 10.6 Å². The molecule has 0 radical (unpaired) electrons. The van der Waals surface area contributed by atoms with E-state index >= 15 is 0 Å². The van der Waals surface area contributed by atoms with Gasteiger partial charge in [0, 0.05) is 26.0 Å². The number of hydrogen-bond acceptors (Lipinski definition) is 6. The van der Waals surface area contributed by atoms with Gasteiger partial charge in [-0.1, -0.05) is 48.5 Å². The van der Waals surface area contributed by atoms with Crippen LogP contribution in [-0.4, -0.2) is 67.2 Å². The summed E-state index contributed by atoms with van der Waals surface area (Å²) < 4.78 is 10.5. The quantitative estimate of drug-likeness (QED) is 0.438. The van der Waals surface area contributed by atoms with Crippen molar-refractivity contribution >= 4 is 18.0 Å². The Kier molecular flexibility index (Phi) is 7.80. The fourth-order valence-corrected chi connectivity index (χ4v) is 3.76. The smallest absolute Gasteiger partial charge is 0.407 e. The van der Waals surface area contributed by atoms with E-state index in [2.05, 4.69) is 22.8 Å². The van der Waals surface area contributed by atoms with E-state index in [9.17, 15) is 14.4 Å². The monoisotopic (exact) mass is 442 g/mol. The number of fused-ring (bicyclic) bond motifs is 3. The molecule has 2 aromatic rings. The molecule has 0 aromatic heterocycles. The maximum atomic E-state index is 12.2. The summed E-state index contributed by atoms with van der Waals surface area (Å²) in [7, 11) is 1.30. The average molecular weight is 442 g/mol. The van der Waals surface area contributed by atoms with Crippen LogP contribution in [0.5, 0.6) is 0 Å². The van der Waals surface area contributed by atoms with Gasteiger partial charge in [0.1, 0.15) is 18.8 Å². The van der Waals surface area contributed by atoms with Crippen molar-refractivity contribution in [2.75, 3.05) is 26.9 Å². The molecule has 4 N–H and O–H groups in total. The molecule has 0 saturated heterocycles. The Morgan fingerprint density at radius 1 is 1.03 bits per heavy atom. The average Bonchev–Trinajstić information content (AvgIpc) is 3.12. The molecule has 9 nitrogen and oxygen atoms in total. The molecule has 2 atom stereocenters. The minimum Gasteiger partial charge on any atom is -0.480 e. The van der Waals surface area contributed by atoms with E-state index in [0.29, 0.717) is 0 Å². The first-order chi connectivity index (χ1) is 15.5. The molecule has 2 aromatic carbocycles. The number of carbonyl (C=O) groups is 3. The Labute approximate surface area is 185 Å². The number of amides is 2. The van der Waals surface area contributed by atoms with Crippen LogP contribution in [-0.2, 0) is 19.1 Å². The molecule has 0 bridgehead atoms. The van der Waals surface area contributed by atoms with Gasteiger partial charge in [0.25, 0.3) is 0 Å². The van der Waals surface area contributed by atoms with Gasteiger partial charge in [-0.05, 0) is 22.3 Å². The number of benzene rings is 2. The Bertz CT molecular complexity index is 933. The predicted octanol–water partition coefficient (Wildman–Crippen LogP) is 1.49. The summed E-state index contributed by atoms with van der Waals surface area (Å²) in [5.41, 5.74) is 4.48. The van der Waals surface area contributed by atoms with Crippen LogP contribution in [0.4, 0.5) is 4.79 Å². The standard InChI is InChI=1S/C23H26N2O7/c1-31-20(21(27)25-19(12-26)22(28)29)10-11-24-23(30)32-13-18-16-8-4-2-6-14(16)15-7-3-5-9-17(15)18/h2-9,18-20,26H,10-13H2,1H3,(H,24,30)(H,25,27)(H,28,29)/t19-,20?/m0/s1. The number of carbonyl (C=O) groups excluding carboxylic acids is 2. The van der Waals surface area contributed by atoms with E-state index in [4.69, 9.17) is 19.7 Å². The minimum atomic E-state index is -1.42. The summed E-state index contributed by atoms with van der Waals surface area (Å²) in [6.07, 6.45) is -1.51. The summed E-state index contributed by atoms with van der Waals surface area (Å²) in [6, 6.07) is 14.6. The molecule has 0 fully saturated rings. The summed E-state index contributed by atoms with van der Waals surface area (Å²) in [6.45, 7) is -0.486. The summed E-state index contributed by atoms with van der Waals surface area (Å²) >= 11 is 0. The van der Waals surface area contributed by atoms with E-state index in [0.717, 1.165) is 22.3 Å². The first kappa shape index (κ1) is 23.2. The first-order valence-corrected chi connectivity index (χ1v) is 10.2. The van der Waals surface area contributed by atoms with Crippen molar-refractivity contribution in [2.24, 2.45) is 0 Å². The third-order valence-corrected chi connectivity index (χ3v) is 5.39. The van der Waals surface area contributed by atoms with Crippen LogP contribution in [0.25, 0.3) is 11.1 Å².